The number of H-pyrrole nitrogens is 1. The van der Waals surface area contributed by atoms with Crippen LogP contribution >= 0.6 is 0 Å². The van der Waals surface area contributed by atoms with Crippen molar-refractivity contribution >= 4 is 23.1 Å². The van der Waals surface area contributed by atoms with Crippen LogP contribution in [0, 0.1) is 11.3 Å². The highest BCUT2D eigenvalue weighted by molar-refractivity contribution is 5.97. The number of pyridine rings is 1. The van der Waals surface area contributed by atoms with Crippen molar-refractivity contribution in [2.24, 2.45) is 0 Å². The van der Waals surface area contributed by atoms with Crippen LogP contribution in [-0.4, -0.2) is 22.8 Å². The Morgan fingerprint density at radius 1 is 1.32 bits per heavy atom. The molecule has 0 atom stereocenters. The molecule has 0 saturated carbocycles. The Balaban J connectivity index is 2.31. The van der Waals surface area contributed by atoms with Gasteiger partial charge < -0.3 is 9.47 Å². The molecule has 8 nitrogen and oxygen atoms in total. The van der Waals surface area contributed by atoms with Gasteiger partial charge in [-0.05, 0) is 38.1 Å². The maximum atomic E-state index is 13.0. The lowest BCUT2D eigenvalue weighted by molar-refractivity contribution is 0.186. The number of nitriles is 1. The number of para-hydroxylation sites is 2. The van der Waals surface area contributed by atoms with Crippen LogP contribution in [0.2, 0.25) is 0 Å². The zero-order chi connectivity index (χ0) is 20.3. The third kappa shape index (κ3) is 3.21. The summed E-state index contributed by atoms with van der Waals surface area (Å²) in [5, 5.41) is 12.2. The van der Waals surface area contributed by atoms with Gasteiger partial charge >= 0.3 is 6.09 Å². The van der Waals surface area contributed by atoms with Crippen molar-refractivity contribution in [1.29, 1.82) is 5.26 Å². The van der Waals surface area contributed by atoms with Gasteiger partial charge in [-0.3, -0.25) is 9.89 Å². The first kappa shape index (κ1) is 18.8. The number of carbonyl (C=O) groups excluding carboxylic acids is 1. The summed E-state index contributed by atoms with van der Waals surface area (Å²) < 4.78 is 12.2. The summed E-state index contributed by atoms with van der Waals surface area (Å²) >= 11 is 0. The van der Waals surface area contributed by atoms with E-state index in [4.69, 9.17) is 9.47 Å². The zero-order valence-electron chi connectivity index (χ0n) is 15.6. The van der Waals surface area contributed by atoms with E-state index in [-0.39, 0.29) is 11.4 Å². The second-order valence-electron chi connectivity index (χ2n) is 5.81. The zero-order valence-corrected chi connectivity index (χ0v) is 15.6. The number of methoxy groups -OCH3 is 1. The summed E-state index contributed by atoms with van der Waals surface area (Å²) in [5.41, 5.74) is 0.197. The maximum Gasteiger partial charge on any atom is 0.425 e. The Hall–Kier alpha value is -3.99. The SMILES string of the molecule is C/C=C(\C)OC(=O)N(c1ccccc1OC)c1cc(=O)c(C#N)c2cc[nH]n12. The predicted octanol–water partition coefficient (Wildman–Crippen LogP) is 3.71. The molecular formula is C20H18N4O4. The number of aromatic amines is 1. The lowest BCUT2D eigenvalue weighted by atomic mass is 10.2. The van der Waals surface area contributed by atoms with Gasteiger partial charge in [0.2, 0.25) is 5.43 Å². The number of nitrogens with zero attached hydrogens (tertiary/aromatic N) is 3. The first-order chi connectivity index (χ1) is 13.5. The molecule has 3 rings (SSSR count). The molecule has 0 radical (unpaired) electrons. The molecule has 0 unspecified atom stereocenters. The molecule has 8 heteroatoms. The molecular weight excluding hydrogens is 360 g/mol. The van der Waals surface area contributed by atoms with Crippen molar-refractivity contribution in [3.8, 4) is 11.8 Å². The van der Waals surface area contributed by atoms with Crippen molar-refractivity contribution in [3.05, 3.63) is 70.2 Å². The van der Waals surface area contributed by atoms with E-state index in [0.29, 0.717) is 22.7 Å². The molecule has 142 valence electrons. The Morgan fingerprint density at radius 2 is 2.07 bits per heavy atom. The normalized spacial score (nSPS) is 11.1. The number of ether oxygens (including phenoxy) is 2. The molecule has 0 fully saturated rings. The number of aromatic nitrogens is 2. The van der Waals surface area contributed by atoms with Crippen LogP contribution in [0.5, 0.6) is 5.75 Å². The second-order valence-corrected chi connectivity index (χ2v) is 5.81. The highest BCUT2D eigenvalue weighted by atomic mass is 16.6. The summed E-state index contributed by atoms with van der Waals surface area (Å²) in [5.74, 6) is 0.991. The number of nitrogens with one attached hydrogen (secondary N) is 1. The molecule has 1 amide bonds. The number of carbonyl (C=O) groups is 1. The van der Waals surface area contributed by atoms with Crippen molar-refractivity contribution in [2.45, 2.75) is 13.8 Å². The number of rotatable bonds is 4. The van der Waals surface area contributed by atoms with Gasteiger partial charge in [0.05, 0.1) is 18.3 Å². The first-order valence-corrected chi connectivity index (χ1v) is 8.43. The quantitative estimate of drug-likeness (QED) is 0.698. The minimum Gasteiger partial charge on any atom is -0.495 e. The van der Waals surface area contributed by atoms with Gasteiger partial charge in [-0.25, -0.2) is 14.2 Å². The summed E-state index contributed by atoms with van der Waals surface area (Å²) in [6, 6.07) is 11.6. The number of hydrogen-bond donors (Lipinski definition) is 1. The molecule has 0 bridgehead atoms. The summed E-state index contributed by atoms with van der Waals surface area (Å²) in [7, 11) is 1.48. The minimum absolute atomic E-state index is 0.0250. The molecule has 0 saturated heterocycles. The van der Waals surface area contributed by atoms with E-state index in [9.17, 15) is 14.9 Å². The fourth-order valence-corrected chi connectivity index (χ4v) is 2.75. The third-order valence-corrected chi connectivity index (χ3v) is 4.18. The average Bonchev–Trinajstić information content (AvgIpc) is 3.18. The summed E-state index contributed by atoms with van der Waals surface area (Å²) in [6.45, 7) is 3.39. The molecule has 3 aromatic rings. The minimum atomic E-state index is -0.729. The summed E-state index contributed by atoms with van der Waals surface area (Å²) in [4.78, 5) is 26.7. The van der Waals surface area contributed by atoms with Crippen LogP contribution in [0.25, 0.3) is 5.52 Å². The molecule has 0 spiro atoms. The highest BCUT2D eigenvalue weighted by Crippen LogP contribution is 2.34. The van der Waals surface area contributed by atoms with Crippen molar-refractivity contribution in [2.75, 3.05) is 12.0 Å². The van der Waals surface area contributed by atoms with Crippen LogP contribution < -0.4 is 15.1 Å². The molecule has 28 heavy (non-hydrogen) atoms. The largest absolute Gasteiger partial charge is 0.495 e. The Bertz CT molecular complexity index is 1170. The maximum absolute atomic E-state index is 13.0. The highest BCUT2D eigenvalue weighted by Gasteiger charge is 2.27. The first-order valence-electron chi connectivity index (χ1n) is 8.43. The molecule has 0 aliphatic rings. The van der Waals surface area contributed by atoms with E-state index in [2.05, 4.69) is 5.10 Å². The van der Waals surface area contributed by atoms with Gasteiger partial charge in [0.25, 0.3) is 0 Å². The Labute approximate surface area is 160 Å². The monoisotopic (exact) mass is 378 g/mol. The van der Waals surface area contributed by atoms with E-state index in [1.807, 2.05) is 6.07 Å². The van der Waals surface area contributed by atoms with Gasteiger partial charge in [0, 0.05) is 12.3 Å². The smallest absolute Gasteiger partial charge is 0.425 e. The number of anilines is 2. The number of amides is 1. The van der Waals surface area contributed by atoms with Gasteiger partial charge in [0.15, 0.2) is 0 Å². The average molecular weight is 378 g/mol. The fraction of sp³-hybridized carbons (Fsp3) is 0.150. The van der Waals surface area contributed by atoms with Crippen LogP contribution in [-0.2, 0) is 4.74 Å². The van der Waals surface area contributed by atoms with Gasteiger partial charge in [-0.1, -0.05) is 12.1 Å². The van der Waals surface area contributed by atoms with Gasteiger partial charge in [0.1, 0.15) is 29.0 Å². The molecule has 2 heterocycles. The van der Waals surface area contributed by atoms with E-state index >= 15 is 0 Å². The molecule has 0 aliphatic carbocycles. The van der Waals surface area contributed by atoms with Crippen molar-refractivity contribution < 1.29 is 14.3 Å². The standard InChI is InChI=1S/C20H18N4O4/c1-4-13(2)28-20(26)23(16-7-5-6-8-18(16)27-3)19-11-17(25)14(12-21)15-9-10-22-24(15)19/h4-11,22H,1-3H3/b13-4+. The second kappa shape index (κ2) is 7.72. The predicted molar refractivity (Wildman–Crippen MR) is 104 cm³/mol. The van der Waals surface area contributed by atoms with Crippen molar-refractivity contribution in [1.82, 2.24) is 9.61 Å². The number of hydrogen-bond acceptors (Lipinski definition) is 5. The molecule has 1 aromatic carbocycles. The number of benzene rings is 1. The fourth-order valence-electron chi connectivity index (χ4n) is 2.75. The van der Waals surface area contributed by atoms with Gasteiger partial charge in [-0.2, -0.15) is 5.26 Å². The number of fused-ring (bicyclic) bond motifs is 1. The van der Waals surface area contributed by atoms with E-state index in [1.54, 1.807) is 56.5 Å². The van der Waals surface area contributed by atoms with Crippen LogP contribution in [0.4, 0.5) is 16.3 Å². The van der Waals surface area contributed by atoms with Crippen LogP contribution in [0.15, 0.2) is 59.2 Å². The lowest BCUT2D eigenvalue weighted by Crippen LogP contribution is -2.30. The van der Waals surface area contributed by atoms with Crippen LogP contribution in [0.1, 0.15) is 19.4 Å². The van der Waals surface area contributed by atoms with Crippen LogP contribution in [0.3, 0.4) is 0 Å². The van der Waals surface area contributed by atoms with E-state index < -0.39 is 11.5 Å². The molecule has 2 aromatic heterocycles. The molecule has 0 aliphatic heterocycles. The topological polar surface area (TPSA) is 99.8 Å². The lowest BCUT2D eigenvalue weighted by Gasteiger charge is -2.24. The van der Waals surface area contributed by atoms with Crippen molar-refractivity contribution in [3.63, 3.8) is 0 Å². The summed E-state index contributed by atoms with van der Waals surface area (Å²) in [6.07, 6.45) is 2.49. The Morgan fingerprint density at radius 3 is 2.75 bits per heavy atom. The van der Waals surface area contributed by atoms with E-state index in [1.165, 1.54) is 22.6 Å². The third-order valence-electron chi connectivity index (χ3n) is 4.18. The van der Waals surface area contributed by atoms with E-state index in [0.717, 1.165) is 0 Å². The number of allylic oxidation sites excluding steroid dienone is 2. The molecule has 1 N–H and O–H groups in total. The van der Waals surface area contributed by atoms with Gasteiger partial charge in [-0.15, -0.1) is 0 Å². The Kier molecular flexibility index (Phi) is 5.18.